The zero-order valence-electron chi connectivity index (χ0n) is 12.5. The summed E-state index contributed by atoms with van der Waals surface area (Å²) in [4.78, 5) is 27.7. The van der Waals surface area contributed by atoms with Gasteiger partial charge in [0.15, 0.2) is 0 Å². The average molecular weight is 299 g/mol. The molecule has 0 unspecified atom stereocenters. The molecule has 22 heavy (non-hydrogen) atoms. The zero-order chi connectivity index (χ0) is 15.7. The lowest BCUT2D eigenvalue weighted by Crippen LogP contribution is -2.27. The number of aromatic amines is 1. The van der Waals surface area contributed by atoms with Crippen molar-refractivity contribution >= 4 is 11.6 Å². The van der Waals surface area contributed by atoms with E-state index < -0.39 is 0 Å². The summed E-state index contributed by atoms with van der Waals surface area (Å²) in [5.41, 5.74) is 2.95. The van der Waals surface area contributed by atoms with Gasteiger partial charge in [-0.3, -0.25) is 19.4 Å². The highest BCUT2D eigenvalue weighted by atomic mass is 16.2. The van der Waals surface area contributed by atoms with E-state index in [1.165, 1.54) is 10.7 Å². The Balaban J connectivity index is 1.65. The van der Waals surface area contributed by atoms with Crippen LogP contribution in [-0.2, 0) is 13.5 Å². The van der Waals surface area contributed by atoms with Crippen LogP contribution in [0.4, 0.5) is 0 Å². The van der Waals surface area contributed by atoms with Crippen LogP contribution in [-0.4, -0.2) is 31.6 Å². The van der Waals surface area contributed by atoms with Crippen molar-refractivity contribution < 1.29 is 4.79 Å². The molecule has 0 saturated carbocycles. The Hall–Kier alpha value is -2.83. The van der Waals surface area contributed by atoms with Crippen molar-refractivity contribution in [2.75, 3.05) is 6.54 Å². The van der Waals surface area contributed by atoms with Crippen LogP contribution < -0.4 is 10.9 Å². The molecular formula is C15H17N5O2. The van der Waals surface area contributed by atoms with Gasteiger partial charge < -0.3 is 9.72 Å². The van der Waals surface area contributed by atoms with Crippen LogP contribution in [0.3, 0.4) is 0 Å². The van der Waals surface area contributed by atoms with Crippen molar-refractivity contribution in [2.24, 2.45) is 7.05 Å². The molecule has 3 rings (SSSR count). The number of hydrogen-bond donors (Lipinski definition) is 2. The Morgan fingerprint density at radius 2 is 2.23 bits per heavy atom. The second-order valence-electron chi connectivity index (χ2n) is 5.20. The normalized spacial score (nSPS) is 11.0. The Morgan fingerprint density at radius 1 is 1.41 bits per heavy atom. The van der Waals surface area contributed by atoms with Gasteiger partial charge in [-0.1, -0.05) is 6.07 Å². The van der Waals surface area contributed by atoms with E-state index in [9.17, 15) is 9.59 Å². The molecule has 114 valence electrons. The molecule has 1 amide bonds. The molecule has 0 atom stereocenters. The summed E-state index contributed by atoms with van der Waals surface area (Å²) in [6.07, 6.45) is 2.61. The zero-order valence-corrected chi connectivity index (χ0v) is 12.5. The van der Waals surface area contributed by atoms with Crippen LogP contribution in [0.5, 0.6) is 0 Å². The van der Waals surface area contributed by atoms with Crippen LogP contribution >= 0.6 is 0 Å². The maximum Gasteiger partial charge on any atom is 0.269 e. The van der Waals surface area contributed by atoms with Crippen LogP contribution in [0.2, 0.25) is 0 Å². The Labute approximate surface area is 126 Å². The molecule has 0 aliphatic carbocycles. The minimum atomic E-state index is -0.288. The largest absolute Gasteiger partial charge is 0.350 e. The van der Waals surface area contributed by atoms with Crippen molar-refractivity contribution in [1.82, 2.24) is 24.5 Å². The molecule has 0 fully saturated rings. The van der Waals surface area contributed by atoms with Gasteiger partial charge in [-0.05, 0) is 19.1 Å². The number of amides is 1. The highest BCUT2D eigenvalue weighted by molar-refractivity contribution is 5.92. The summed E-state index contributed by atoms with van der Waals surface area (Å²) >= 11 is 0. The first-order valence-electron chi connectivity index (χ1n) is 7.02. The maximum absolute atomic E-state index is 12.0. The van der Waals surface area contributed by atoms with Crippen LogP contribution in [0.1, 0.15) is 21.9 Å². The highest BCUT2D eigenvalue weighted by Crippen LogP contribution is 2.08. The second kappa shape index (κ2) is 5.51. The molecule has 3 aromatic heterocycles. The number of carbonyl (C=O) groups excluding carboxylic acids is 1. The Morgan fingerprint density at radius 3 is 2.91 bits per heavy atom. The first-order chi connectivity index (χ1) is 10.5. The number of nitrogens with one attached hydrogen (secondary N) is 2. The molecule has 0 bridgehead atoms. The van der Waals surface area contributed by atoms with Gasteiger partial charge in [0.2, 0.25) is 0 Å². The van der Waals surface area contributed by atoms with E-state index in [2.05, 4.69) is 15.4 Å². The molecule has 3 heterocycles. The molecule has 0 aliphatic heterocycles. The van der Waals surface area contributed by atoms with Crippen molar-refractivity contribution in [3.05, 3.63) is 57.9 Å². The number of nitrogens with zero attached hydrogens (tertiary/aromatic N) is 3. The standard InChI is InChI=1S/C15H17N5O2/c1-10-4-3-5-13-17-11(9-20(10)13)6-7-16-15(22)12-8-14(21)18-19(12)2/h3-5,8-9H,6-7H2,1-2H3,(H,16,22)(H,18,21). The van der Waals surface area contributed by atoms with Crippen LogP contribution in [0.25, 0.3) is 5.65 Å². The summed E-state index contributed by atoms with van der Waals surface area (Å²) < 4.78 is 3.43. The highest BCUT2D eigenvalue weighted by Gasteiger charge is 2.11. The predicted octanol–water partition coefficient (Wildman–Crippen LogP) is 0.642. The molecule has 0 saturated heterocycles. The third-order valence-corrected chi connectivity index (χ3v) is 3.55. The number of H-pyrrole nitrogens is 1. The van der Waals surface area contributed by atoms with Gasteiger partial charge in [0.25, 0.3) is 11.5 Å². The van der Waals surface area contributed by atoms with Crippen molar-refractivity contribution in [3.8, 4) is 0 Å². The molecule has 2 N–H and O–H groups in total. The number of imidazole rings is 1. The minimum absolute atomic E-state index is 0.277. The van der Waals surface area contributed by atoms with Crippen molar-refractivity contribution in [1.29, 1.82) is 0 Å². The second-order valence-corrected chi connectivity index (χ2v) is 5.20. The van der Waals surface area contributed by atoms with Gasteiger partial charge in [-0.2, -0.15) is 0 Å². The predicted molar refractivity (Wildman–Crippen MR) is 82.0 cm³/mol. The van der Waals surface area contributed by atoms with E-state index in [0.717, 1.165) is 17.0 Å². The van der Waals surface area contributed by atoms with Gasteiger partial charge in [0, 0.05) is 38.0 Å². The summed E-state index contributed by atoms with van der Waals surface area (Å²) in [5.74, 6) is -0.277. The topological polar surface area (TPSA) is 84.2 Å². The van der Waals surface area contributed by atoms with Gasteiger partial charge in [0.05, 0.1) is 5.69 Å². The molecule has 7 nitrogen and oxygen atoms in total. The molecule has 7 heteroatoms. The SMILES string of the molecule is Cc1cccc2nc(CCNC(=O)c3cc(=O)[nH]n3C)cn12. The monoisotopic (exact) mass is 299 g/mol. The number of fused-ring (bicyclic) bond motifs is 1. The maximum atomic E-state index is 12.0. The Kier molecular flexibility index (Phi) is 3.54. The smallest absolute Gasteiger partial charge is 0.269 e. The molecule has 0 aliphatic rings. The number of rotatable bonds is 4. The van der Waals surface area contributed by atoms with Gasteiger partial charge >= 0.3 is 0 Å². The molecular weight excluding hydrogens is 282 g/mol. The number of carbonyl (C=O) groups is 1. The van der Waals surface area contributed by atoms with E-state index in [1.807, 2.05) is 35.7 Å². The summed E-state index contributed by atoms with van der Waals surface area (Å²) in [6, 6.07) is 7.22. The molecule has 3 aromatic rings. The fourth-order valence-electron chi connectivity index (χ4n) is 2.41. The number of aromatic nitrogens is 4. The lowest BCUT2D eigenvalue weighted by molar-refractivity contribution is 0.0944. The number of aryl methyl sites for hydroxylation is 2. The summed E-state index contributed by atoms with van der Waals surface area (Å²) in [5, 5.41) is 5.30. The lowest BCUT2D eigenvalue weighted by Gasteiger charge is -2.04. The minimum Gasteiger partial charge on any atom is -0.350 e. The summed E-state index contributed by atoms with van der Waals surface area (Å²) in [6.45, 7) is 2.48. The van der Waals surface area contributed by atoms with Gasteiger partial charge in [-0.25, -0.2) is 4.98 Å². The quantitative estimate of drug-likeness (QED) is 0.741. The third kappa shape index (κ3) is 2.65. The summed E-state index contributed by atoms with van der Waals surface area (Å²) in [7, 11) is 1.63. The molecule has 0 spiro atoms. The van der Waals surface area contributed by atoms with Gasteiger partial charge in [-0.15, -0.1) is 0 Å². The van der Waals surface area contributed by atoms with E-state index in [1.54, 1.807) is 7.05 Å². The average Bonchev–Trinajstić information content (AvgIpc) is 3.02. The van der Waals surface area contributed by atoms with Crippen LogP contribution in [0.15, 0.2) is 35.3 Å². The molecule has 0 radical (unpaired) electrons. The van der Waals surface area contributed by atoms with E-state index in [-0.39, 0.29) is 11.5 Å². The van der Waals surface area contributed by atoms with E-state index >= 15 is 0 Å². The van der Waals surface area contributed by atoms with E-state index in [4.69, 9.17) is 0 Å². The van der Waals surface area contributed by atoms with Gasteiger partial charge in [0.1, 0.15) is 11.3 Å². The number of pyridine rings is 1. The van der Waals surface area contributed by atoms with Crippen molar-refractivity contribution in [2.45, 2.75) is 13.3 Å². The first kappa shape index (κ1) is 14.1. The van der Waals surface area contributed by atoms with Crippen LogP contribution in [0, 0.1) is 6.92 Å². The lowest BCUT2D eigenvalue weighted by atomic mass is 10.3. The Bertz CT molecular complexity index is 887. The first-order valence-corrected chi connectivity index (χ1v) is 7.02. The van der Waals surface area contributed by atoms with Crippen molar-refractivity contribution in [3.63, 3.8) is 0 Å². The third-order valence-electron chi connectivity index (χ3n) is 3.55. The number of hydrogen-bond acceptors (Lipinski definition) is 3. The van der Waals surface area contributed by atoms with E-state index in [0.29, 0.717) is 18.7 Å². The molecule has 0 aromatic carbocycles. The fourth-order valence-corrected chi connectivity index (χ4v) is 2.41. The fraction of sp³-hybridized carbons (Fsp3) is 0.267.